The smallest absolute Gasteiger partial charge is 0.138 e. The number of rotatable bonds is 4. The molecule has 0 amide bonds. The molecule has 2 aromatic rings. The predicted molar refractivity (Wildman–Crippen MR) is 84.8 cm³/mol. The van der Waals surface area contributed by atoms with E-state index >= 15 is 0 Å². The highest BCUT2D eigenvalue weighted by Crippen LogP contribution is 2.34. The van der Waals surface area contributed by atoms with E-state index in [0.29, 0.717) is 22.2 Å². The molecule has 0 aliphatic rings. The maximum absolute atomic E-state index is 6.25. The Bertz CT molecular complexity index is 596. The molecule has 2 aromatic carbocycles. The first-order valence-corrected chi connectivity index (χ1v) is 7.11. The monoisotopic (exact) mass is 309 g/mol. The summed E-state index contributed by atoms with van der Waals surface area (Å²) in [6, 6.07) is 11.6. The molecule has 20 heavy (non-hydrogen) atoms. The van der Waals surface area contributed by atoms with Crippen LogP contribution in [0.25, 0.3) is 0 Å². The van der Waals surface area contributed by atoms with E-state index in [1.807, 2.05) is 0 Å². The Balaban J connectivity index is 2.22. The minimum atomic E-state index is -0.200. The molecule has 1 atom stereocenters. The van der Waals surface area contributed by atoms with Crippen molar-refractivity contribution in [3.63, 3.8) is 0 Å². The maximum Gasteiger partial charge on any atom is 0.138 e. The molecule has 0 aromatic heterocycles. The van der Waals surface area contributed by atoms with Crippen LogP contribution >= 0.6 is 23.2 Å². The summed E-state index contributed by atoms with van der Waals surface area (Å²) in [5.74, 6) is 0.558. The molecule has 0 heterocycles. The average molecular weight is 310 g/mol. The molecule has 0 spiro atoms. The predicted octanol–water partition coefficient (Wildman–Crippen LogP) is 4.55. The van der Waals surface area contributed by atoms with E-state index in [1.165, 1.54) is 11.1 Å². The Labute approximate surface area is 129 Å². The third kappa shape index (κ3) is 3.45. The SMILES string of the molecule is COc1cc(Cl)c(C(N)Cc2ccc(C)cc2)cc1Cl. The Morgan fingerprint density at radius 2 is 1.75 bits per heavy atom. The summed E-state index contributed by atoms with van der Waals surface area (Å²) in [6.45, 7) is 2.06. The van der Waals surface area contributed by atoms with Gasteiger partial charge in [-0.15, -0.1) is 0 Å². The van der Waals surface area contributed by atoms with Gasteiger partial charge in [0.2, 0.25) is 0 Å². The van der Waals surface area contributed by atoms with E-state index in [1.54, 1.807) is 19.2 Å². The normalized spacial score (nSPS) is 12.2. The van der Waals surface area contributed by atoms with Gasteiger partial charge in [-0.3, -0.25) is 0 Å². The highest BCUT2D eigenvalue weighted by molar-refractivity contribution is 6.34. The molecule has 4 heteroatoms. The van der Waals surface area contributed by atoms with E-state index in [2.05, 4.69) is 31.2 Å². The molecule has 2 N–H and O–H groups in total. The zero-order chi connectivity index (χ0) is 14.7. The van der Waals surface area contributed by atoms with E-state index in [4.69, 9.17) is 33.7 Å². The van der Waals surface area contributed by atoms with E-state index in [0.717, 1.165) is 5.56 Å². The topological polar surface area (TPSA) is 35.2 Å². The molecule has 0 saturated heterocycles. The van der Waals surface area contributed by atoms with Gasteiger partial charge in [0.15, 0.2) is 0 Å². The van der Waals surface area contributed by atoms with Gasteiger partial charge in [-0.2, -0.15) is 0 Å². The van der Waals surface area contributed by atoms with Crippen LogP contribution in [0.3, 0.4) is 0 Å². The van der Waals surface area contributed by atoms with Gasteiger partial charge in [-0.05, 0) is 30.5 Å². The van der Waals surface area contributed by atoms with Crippen LogP contribution in [0.2, 0.25) is 10.0 Å². The third-order valence-corrected chi connectivity index (χ3v) is 3.87. The molecule has 0 aliphatic carbocycles. The van der Waals surface area contributed by atoms with Crippen molar-refractivity contribution in [3.8, 4) is 5.75 Å². The standard InChI is InChI=1S/C16H17Cl2NO/c1-10-3-5-11(6-4-10)7-15(19)12-8-14(18)16(20-2)9-13(12)17/h3-6,8-9,15H,7,19H2,1-2H3. The summed E-state index contributed by atoms with van der Waals surface area (Å²) < 4.78 is 5.13. The molecule has 1 unspecified atom stereocenters. The van der Waals surface area contributed by atoms with Crippen molar-refractivity contribution >= 4 is 23.2 Å². The number of ether oxygens (including phenoxy) is 1. The number of nitrogens with two attached hydrogens (primary N) is 1. The quantitative estimate of drug-likeness (QED) is 0.899. The Kier molecular flexibility index (Phi) is 4.92. The van der Waals surface area contributed by atoms with Gasteiger partial charge in [0.1, 0.15) is 5.75 Å². The lowest BCUT2D eigenvalue weighted by atomic mass is 9.99. The minimum absolute atomic E-state index is 0.200. The molecular formula is C16H17Cl2NO. The summed E-state index contributed by atoms with van der Waals surface area (Å²) in [7, 11) is 1.56. The minimum Gasteiger partial charge on any atom is -0.495 e. The lowest BCUT2D eigenvalue weighted by molar-refractivity contribution is 0.415. The Morgan fingerprint density at radius 1 is 1.10 bits per heavy atom. The summed E-state index contributed by atoms with van der Waals surface area (Å²) in [5.41, 5.74) is 9.48. The molecule has 106 valence electrons. The van der Waals surface area contributed by atoms with Crippen LogP contribution in [0.4, 0.5) is 0 Å². The second-order valence-electron chi connectivity index (χ2n) is 4.80. The zero-order valence-electron chi connectivity index (χ0n) is 11.5. The fourth-order valence-electron chi connectivity index (χ4n) is 2.07. The van der Waals surface area contributed by atoms with Crippen molar-refractivity contribution < 1.29 is 4.74 Å². The van der Waals surface area contributed by atoms with E-state index < -0.39 is 0 Å². The highest BCUT2D eigenvalue weighted by Gasteiger charge is 2.14. The van der Waals surface area contributed by atoms with Crippen molar-refractivity contribution in [2.45, 2.75) is 19.4 Å². The van der Waals surface area contributed by atoms with Gasteiger partial charge in [0.25, 0.3) is 0 Å². The fourth-order valence-corrected chi connectivity index (χ4v) is 2.62. The lowest BCUT2D eigenvalue weighted by Gasteiger charge is -2.16. The van der Waals surface area contributed by atoms with Crippen LogP contribution in [0.5, 0.6) is 5.75 Å². The second-order valence-corrected chi connectivity index (χ2v) is 5.62. The van der Waals surface area contributed by atoms with Gasteiger partial charge in [-0.1, -0.05) is 53.0 Å². The van der Waals surface area contributed by atoms with Crippen molar-refractivity contribution in [2.75, 3.05) is 7.11 Å². The lowest BCUT2D eigenvalue weighted by Crippen LogP contribution is -2.14. The molecule has 0 fully saturated rings. The number of hydrogen-bond acceptors (Lipinski definition) is 2. The highest BCUT2D eigenvalue weighted by atomic mass is 35.5. The maximum atomic E-state index is 6.25. The average Bonchev–Trinajstić information content (AvgIpc) is 2.43. The van der Waals surface area contributed by atoms with Crippen LogP contribution in [0, 0.1) is 6.92 Å². The van der Waals surface area contributed by atoms with Crippen LogP contribution in [0.15, 0.2) is 36.4 Å². The summed E-state index contributed by atoms with van der Waals surface area (Å²) in [5, 5.41) is 1.09. The number of halogens is 2. The first-order chi connectivity index (χ1) is 9.51. The molecule has 2 nitrogen and oxygen atoms in total. The van der Waals surface area contributed by atoms with Crippen molar-refractivity contribution in [2.24, 2.45) is 5.73 Å². The first-order valence-electron chi connectivity index (χ1n) is 6.35. The van der Waals surface area contributed by atoms with Crippen molar-refractivity contribution in [1.82, 2.24) is 0 Å². The second kappa shape index (κ2) is 6.49. The zero-order valence-corrected chi connectivity index (χ0v) is 13.0. The molecule has 0 aliphatic heterocycles. The van der Waals surface area contributed by atoms with E-state index in [-0.39, 0.29) is 6.04 Å². The van der Waals surface area contributed by atoms with Gasteiger partial charge in [0.05, 0.1) is 12.1 Å². The number of benzene rings is 2. The molecule has 2 rings (SSSR count). The summed E-state index contributed by atoms with van der Waals surface area (Å²) >= 11 is 12.4. The van der Waals surface area contributed by atoms with Crippen LogP contribution in [-0.2, 0) is 6.42 Å². The molecular weight excluding hydrogens is 293 g/mol. The van der Waals surface area contributed by atoms with Crippen LogP contribution in [-0.4, -0.2) is 7.11 Å². The number of aryl methyl sites for hydroxylation is 1. The fraction of sp³-hybridized carbons (Fsp3) is 0.250. The largest absolute Gasteiger partial charge is 0.495 e. The van der Waals surface area contributed by atoms with E-state index in [9.17, 15) is 0 Å². The Hall–Kier alpha value is -1.22. The molecule has 0 bridgehead atoms. The van der Waals surface area contributed by atoms with Gasteiger partial charge in [0, 0.05) is 17.1 Å². The van der Waals surface area contributed by atoms with Crippen LogP contribution < -0.4 is 10.5 Å². The number of hydrogen-bond donors (Lipinski definition) is 1. The first kappa shape index (κ1) is 15.2. The van der Waals surface area contributed by atoms with Gasteiger partial charge in [-0.25, -0.2) is 0 Å². The third-order valence-electron chi connectivity index (χ3n) is 3.25. The summed E-state index contributed by atoms with van der Waals surface area (Å²) in [4.78, 5) is 0. The Morgan fingerprint density at radius 3 is 2.35 bits per heavy atom. The summed E-state index contributed by atoms with van der Waals surface area (Å²) in [6.07, 6.45) is 0.711. The van der Waals surface area contributed by atoms with Gasteiger partial charge >= 0.3 is 0 Å². The van der Waals surface area contributed by atoms with Crippen molar-refractivity contribution in [3.05, 3.63) is 63.1 Å². The van der Waals surface area contributed by atoms with Gasteiger partial charge < -0.3 is 10.5 Å². The molecule has 0 saturated carbocycles. The molecule has 0 radical (unpaired) electrons. The number of methoxy groups -OCH3 is 1. The van der Waals surface area contributed by atoms with Crippen LogP contribution in [0.1, 0.15) is 22.7 Å². The van der Waals surface area contributed by atoms with Crippen molar-refractivity contribution in [1.29, 1.82) is 0 Å².